The quantitative estimate of drug-likeness (QED) is 0.768. The number of hydrogen-bond donors (Lipinski definition) is 2. The Labute approximate surface area is 102 Å². The largest absolute Gasteiger partial charge is 0.478 e. The van der Waals surface area contributed by atoms with E-state index in [0.29, 0.717) is 12.5 Å². The zero-order valence-electron chi connectivity index (χ0n) is 10.5. The molecule has 1 aromatic carbocycles. The number of nitrogens with one attached hydrogen (secondary N) is 1. The predicted molar refractivity (Wildman–Crippen MR) is 70.5 cm³/mol. The average molecular weight is 233 g/mol. The highest BCUT2D eigenvalue weighted by molar-refractivity contribution is 5.79. The molecule has 0 aromatic heterocycles. The molecular weight excluding hydrogens is 214 g/mol. The van der Waals surface area contributed by atoms with Gasteiger partial charge in [0.05, 0.1) is 0 Å². The number of carboxylic acid groups (broad SMARTS) is 1. The second-order valence-corrected chi connectivity index (χ2v) is 4.35. The van der Waals surface area contributed by atoms with E-state index in [1.807, 2.05) is 6.92 Å². The van der Waals surface area contributed by atoms with Crippen LogP contribution >= 0.6 is 0 Å². The van der Waals surface area contributed by atoms with E-state index in [1.165, 1.54) is 5.56 Å². The standard InChI is InChI=1S/C14H19NO2/c1-10(2)12-7-6-11(3)13(9-12)15-8-4-5-14(16)17/h4-7,9-10,15H,8H2,1-3H3,(H,16,17)/b5-4+. The van der Waals surface area contributed by atoms with Gasteiger partial charge >= 0.3 is 5.97 Å². The Balaban J connectivity index is 2.69. The second kappa shape index (κ2) is 6.09. The molecule has 0 spiro atoms. The number of hydrogen-bond acceptors (Lipinski definition) is 2. The molecule has 3 nitrogen and oxygen atoms in total. The number of aryl methyl sites for hydroxylation is 1. The molecule has 0 fully saturated rings. The van der Waals surface area contributed by atoms with Crippen molar-refractivity contribution in [1.29, 1.82) is 0 Å². The van der Waals surface area contributed by atoms with Crippen molar-refractivity contribution in [1.82, 2.24) is 0 Å². The van der Waals surface area contributed by atoms with Gasteiger partial charge in [0.25, 0.3) is 0 Å². The van der Waals surface area contributed by atoms with Crippen molar-refractivity contribution in [3.05, 3.63) is 41.5 Å². The Hall–Kier alpha value is -1.77. The molecule has 0 atom stereocenters. The Morgan fingerprint density at radius 1 is 1.47 bits per heavy atom. The first-order chi connectivity index (χ1) is 8.00. The summed E-state index contributed by atoms with van der Waals surface area (Å²) in [6.07, 6.45) is 2.75. The van der Waals surface area contributed by atoms with Crippen molar-refractivity contribution in [2.45, 2.75) is 26.7 Å². The molecule has 0 aliphatic rings. The third kappa shape index (κ3) is 4.31. The lowest BCUT2D eigenvalue weighted by atomic mass is 10.0. The van der Waals surface area contributed by atoms with Gasteiger partial charge in [-0.1, -0.05) is 32.1 Å². The summed E-state index contributed by atoms with van der Waals surface area (Å²) >= 11 is 0. The van der Waals surface area contributed by atoms with E-state index >= 15 is 0 Å². The van der Waals surface area contributed by atoms with Crippen LogP contribution in [-0.4, -0.2) is 17.6 Å². The monoisotopic (exact) mass is 233 g/mol. The molecule has 0 aliphatic carbocycles. The molecule has 17 heavy (non-hydrogen) atoms. The van der Waals surface area contributed by atoms with Crippen molar-refractivity contribution in [3.63, 3.8) is 0 Å². The summed E-state index contributed by atoms with van der Waals surface area (Å²) in [5.41, 5.74) is 3.50. The van der Waals surface area contributed by atoms with Crippen LogP contribution in [0.5, 0.6) is 0 Å². The summed E-state index contributed by atoms with van der Waals surface area (Å²) in [4.78, 5) is 10.3. The number of carbonyl (C=O) groups is 1. The van der Waals surface area contributed by atoms with Gasteiger partial charge in [0, 0.05) is 18.3 Å². The molecule has 0 aliphatic heterocycles. The molecule has 0 unspecified atom stereocenters. The van der Waals surface area contributed by atoms with Gasteiger partial charge in [0.2, 0.25) is 0 Å². The van der Waals surface area contributed by atoms with Gasteiger partial charge in [0.1, 0.15) is 0 Å². The Morgan fingerprint density at radius 3 is 2.76 bits per heavy atom. The summed E-state index contributed by atoms with van der Waals surface area (Å²) in [5, 5.41) is 11.7. The summed E-state index contributed by atoms with van der Waals surface area (Å²) in [5.74, 6) is -0.426. The van der Waals surface area contributed by atoms with E-state index in [-0.39, 0.29) is 0 Å². The summed E-state index contributed by atoms with van der Waals surface area (Å²) < 4.78 is 0. The maximum absolute atomic E-state index is 10.3. The highest BCUT2D eigenvalue weighted by Crippen LogP contribution is 2.22. The minimum absolute atomic E-state index is 0.491. The van der Waals surface area contributed by atoms with Gasteiger partial charge in [0.15, 0.2) is 0 Å². The maximum Gasteiger partial charge on any atom is 0.328 e. The molecule has 0 bridgehead atoms. The van der Waals surface area contributed by atoms with Crippen molar-refractivity contribution < 1.29 is 9.90 Å². The fourth-order valence-corrected chi connectivity index (χ4v) is 1.52. The van der Waals surface area contributed by atoms with Crippen molar-refractivity contribution in [2.75, 3.05) is 11.9 Å². The van der Waals surface area contributed by atoms with Crippen LogP contribution in [0.4, 0.5) is 5.69 Å². The second-order valence-electron chi connectivity index (χ2n) is 4.35. The molecular formula is C14H19NO2. The number of benzene rings is 1. The fraction of sp³-hybridized carbons (Fsp3) is 0.357. The van der Waals surface area contributed by atoms with Crippen LogP contribution in [-0.2, 0) is 4.79 Å². The molecule has 2 N–H and O–H groups in total. The SMILES string of the molecule is Cc1ccc(C(C)C)cc1NC/C=C/C(=O)O. The van der Waals surface area contributed by atoms with Crippen LogP contribution in [0, 0.1) is 6.92 Å². The first-order valence-corrected chi connectivity index (χ1v) is 5.74. The molecule has 0 heterocycles. The molecule has 1 aromatic rings. The van der Waals surface area contributed by atoms with E-state index in [1.54, 1.807) is 6.08 Å². The van der Waals surface area contributed by atoms with Crippen LogP contribution in [0.1, 0.15) is 30.9 Å². The first-order valence-electron chi connectivity index (χ1n) is 5.74. The van der Waals surface area contributed by atoms with Crippen molar-refractivity contribution >= 4 is 11.7 Å². The molecule has 0 amide bonds. The van der Waals surface area contributed by atoms with E-state index < -0.39 is 5.97 Å². The first kappa shape index (κ1) is 13.3. The van der Waals surface area contributed by atoms with Gasteiger partial charge < -0.3 is 10.4 Å². The minimum atomic E-state index is -0.917. The molecule has 0 saturated carbocycles. The van der Waals surface area contributed by atoms with Gasteiger partial charge in [-0.15, -0.1) is 0 Å². The van der Waals surface area contributed by atoms with E-state index in [0.717, 1.165) is 17.3 Å². The topological polar surface area (TPSA) is 49.3 Å². The van der Waals surface area contributed by atoms with Gasteiger partial charge in [-0.3, -0.25) is 0 Å². The third-order valence-corrected chi connectivity index (χ3v) is 2.60. The van der Waals surface area contributed by atoms with Crippen LogP contribution < -0.4 is 5.32 Å². The Morgan fingerprint density at radius 2 is 2.18 bits per heavy atom. The average Bonchev–Trinajstić information content (AvgIpc) is 2.25. The zero-order chi connectivity index (χ0) is 12.8. The van der Waals surface area contributed by atoms with Gasteiger partial charge in [-0.2, -0.15) is 0 Å². The van der Waals surface area contributed by atoms with Gasteiger partial charge in [-0.25, -0.2) is 4.79 Å². The summed E-state index contributed by atoms with van der Waals surface area (Å²) in [6.45, 7) is 6.86. The summed E-state index contributed by atoms with van der Waals surface area (Å²) in [7, 11) is 0. The Bertz CT molecular complexity index is 422. The van der Waals surface area contributed by atoms with E-state index in [2.05, 4.69) is 37.4 Å². The van der Waals surface area contributed by atoms with Crippen molar-refractivity contribution in [3.8, 4) is 0 Å². The Kier molecular flexibility index (Phi) is 4.76. The smallest absolute Gasteiger partial charge is 0.328 e. The lowest BCUT2D eigenvalue weighted by molar-refractivity contribution is -0.131. The fourth-order valence-electron chi connectivity index (χ4n) is 1.52. The van der Waals surface area contributed by atoms with Crippen LogP contribution in [0.3, 0.4) is 0 Å². The molecule has 92 valence electrons. The highest BCUT2D eigenvalue weighted by Gasteiger charge is 2.02. The molecule has 0 saturated heterocycles. The number of aliphatic carboxylic acids is 1. The third-order valence-electron chi connectivity index (χ3n) is 2.60. The number of rotatable bonds is 5. The zero-order valence-corrected chi connectivity index (χ0v) is 10.5. The summed E-state index contributed by atoms with van der Waals surface area (Å²) in [6, 6.07) is 6.32. The predicted octanol–water partition coefficient (Wildman–Crippen LogP) is 3.17. The van der Waals surface area contributed by atoms with Crippen LogP contribution in [0.25, 0.3) is 0 Å². The normalized spacial score (nSPS) is 11.1. The van der Waals surface area contributed by atoms with Crippen LogP contribution in [0.2, 0.25) is 0 Å². The lowest BCUT2D eigenvalue weighted by Gasteiger charge is -2.12. The lowest BCUT2D eigenvalue weighted by Crippen LogP contribution is -2.02. The molecule has 3 heteroatoms. The van der Waals surface area contributed by atoms with Gasteiger partial charge in [-0.05, 0) is 30.0 Å². The highest BCUT2D eigenvalue weighted by atomic mass is 16.4. The van der Waals surface area contributed by atoms with E-state index in [4.69, 9.17) is 5.11 Å². The van der Waals surface area contributed by atoms with E-state index in [9.17, 15) is 4.79 Å². The number of anilines is 1. The maximum atomic E-state index is 10.3. The van der Waals surface area contributed by atoms with Crippen LogP contribution in [0.15, 0.2) is 30.4 Å². The minimum Gasteiger partial charge on any atom is -0.478 e. The molecule has 1 rings (SSSR count). The van der Waals surface area contributed by atoms with Crippen molar-refractivity contribution in [2.24, 2.45) is 0 Å². The molecule has 0 radical (unpaired) electrons. The number of carboxylic acids is 1.